The van der Waals surface area contributed by atoms with E-state index in [2.05, 4.69) is 60.9 Å². The van der Waals surface area contributed by atoms with Crippen LogP contribution in [0.5, 0.6) is 0 Å². The first-order valence-corrected chi connectivity index (χ1v) is 10.4. The summed E-state index contributed by atoms with van der Waals surface area (Å²) in [4.78, 5) is 22.7. The van der Waals surface area contributed by atoms with Crippen LogP contribution in [0.2, 0.25) is 0 Å². The molecule has 164 valence electrons. The van der Waals surface area contributed by atoms with E-state index in [1.165, 1.54) is 41.5 Å². The number of nitrogens with one attached hydrogen (secondary N) is 2. The Kier molecular flexibility index (Phi) is 5.81. The van der Waals surface area contributed by atoms with Crippen LogP contribution in [-0.2, 0) is 17.6 Å². The summed E-state index contributed by atoms with van der Waals surface area (Å²) in [6, 6.07) is 17.0. The number of carbonyl (C=O) groups is 1. The predicted molar refractivity (Wildman–Crippen MR) is 125 cm³/mol. The lowest BCUT2D eigenvalue weighted by atomic mass is 10.1. The topological polar surface area (TPSA) is 93.5 Å². The normalized spacial score (nSPS) is 14.5. The molecule has 1 aliphatic carbocycles. The highest BCUT2D eigenvalue weighted by Crippen LogP contribution is 2.31. The van der Waals surface area contributed by atoms with Gasteiger partial charge in [0.2, 0.25) is 0 Å². The first-order chi connectivity index (χ1) is 15.3. The Morgan fingerprint density at radius 2 is 1.69 bits per heavy atom. The van der Waals surface area contributed by atoms with Crippen LogP contribution in [-0.4, -0.2) is 24.0 Å². The van der Waals surface area contributed by atoms with E-state index in [9.17, 15) is 14.9 Å². The number of nitro benzene ring substituents is 1. The molecular weight excluding hydrogens is 406 g/mol. The molecule has 7 nitrogen and oxygen atoms in total. The van der Waals surface area contributed by atoms with E-state index >= 15 is 0 Å². The van der Waals surface area contributed by atoms with Crippen LogP contribution < -0.4 is 10.6 Å². The minimum absolute atomic E-state index is 0.0757. The molecule has 7 heteroatoms. The van der Waals surface area contributed by atoms with Crippen LogP contribution in [0.15, 0.2) is 54.6 Å². The molecule has 3 aromatic rings. The molecule has 0 aromatic heterocycles. The van der Waals surface area contributed by atoms with Gasteiger partial charge in [0.15, 0.2) is 0 Å². The summed E-state index contributed by atoms with van der Waals surface area (Å²) in [5.41, 5.74) is 7.61. The van der Waals surface area contributed by atoms with Crippen molar-refractivity contribution in [1.82, 2.24) is 0 Å². The second-order valence-corrected chi connectivity index (χ2v) is 8.14. The smallest absolute Gasteiger partial charge is 0.340 e. The minimum atomic E-state index is -0.605. The lowest BCUT2D eigenvalue weighted by Crippen LogP contribution is -2.21. The highest BCUT2D eigenvalue weighted by molar-refractivity contribution is 5.96. The molecule has 2 N–H and O–H groups in total. The van der Waals surface area contributed by atoms with Gasteiger partial charge in [0.05, 0.1) is 17.6 Å². The average molecular weight is 431 g/mol. The highest BCUT2D eigenvalue weighted by Gasteiger charge is 2.24. The van der Waals surface area contributed by atoms with Gasteiger partial charge in [0, 0.05) is 35.2 Å². The van der Waals surface area contributed by atoms with E-state index in [-0.39, 0.29) is 17.3 Å². The van der Waals surface area contributed by atoms with Crippen LogP contribution in [0, 0.1) is 24.0 Å². The van der Waals surface area contributed by atoms with Crippen molar-refractivity contribution in [2.24, 2.45) is 0 Å². The Morgan fingerprint density at radius 3 is 2.41 bits per heavy atom. The summed E-state index contributed by atoms with van der Waals surface area (Å²) in [5, 5.41) is 17.9. The number of hydrogen-bond donors (Lipinski definition) is 2. The summed E-state index contributed by atoms with van der Waals surface area (Å²) < 4.78 is 4.82. The van der Waals surface area contributed by atoms with Gasteiger partial charge in [-0.15, -0.1) is 0 Å². The largest absolute Gasteiger partial charge is 0.465 e. The van der Waals surface area contributed by atoms with Crippen molar-refractivity contribution < 1.29 is 14.5 Å². The number of esters is 1. The first kappa shape index (κ1) is 21.4. The third kappa shape index (κ3) is 4.42. The molecule has 1 aliphatic rings. The second-order valence-electron chi connectivity index (χ2n) is 8.14. The van der Waals surface area contributed by atoms with Gasteiger partial charge >= 0.3 is 5.97 Å². The first-order valence-electron chi connectivity index (χ1n) is 10.4. The zero-order chi connectivity index (χ0) is 22.8. The molecular formula is C25H25N3O4. The van der Waals surface area contributed by atoms with E-state index in [0.717, 1.165) is 24.2 Å². The lowest BCUT2D eigenvalue weighted by molar-refractivity contribution is -0.384. The molecule has 0 amide bonds. The molecule has 3 aromatic carbocycles. The van der Waals surface area contributed by atoms with Crippen LogP contribution in [0.4, 0.5) is 22.7 Å². The van der Waals surface area contributed by atoms with Crippen molar-refractivity contribution in [3.8, 4) is 0 Å². The van der Waals surface area contributed by atoms with Crippen molar-refractivity contribution >= 4 is 28.7 Å². The molecule has 1 unspecified atom stereocenters. The number of nitrogens with zero attached hydrogens (tertiary/aromatic N) is 1. The van der Waals surface area contributed by atoms with Gasteiger partial charge in [-0.2, -0.15) is 0 Å². The third-order valence-corrected chi connectivity index (χ3v) is 5.91. The van der Waals surface area contributed by atoms with Gasteiger partial charge < -0.3 is 15.4 Å². The fourth-order valence-electron chi connectivity index (χ4n) is 4.05. The molecule has 0 saturated heterocycles. The SMILES string of the molecule is COC(=O)c1cc([N+](=O)[O-])ccc1NC1Cc2ccc(Nc3ccc(C)c(C)c3)cc2C1. The van der Waals surface area contributed by atoms with Gasteiger partial charge in [-0.05, 0) is 79.3 Å². The van der Waals surface area contributed by atoms with Crippen molar-refractivity contribution in [3.05, 3.63) is 92.5 Å². The Labute approximate surface area is 186 Å². The van der Waals surface area contributed by atoms with Crippen LogP contribution in [0.25, 0.3) is 0 Å². The molecule has 0 bridgehead atoms. The fraction of sp³-hybridized carbons (Fsp3) is 0.240. The Bertz CT molecular complexity index is 1210. The Morgan fingerprint density at radius 1 is 0.969 bits per heavy atom. The Balaban J connectivity index is 1.50. The molecule has 1 atom stereocenters. The maximum absolute atomic E-state index is 12.2. The van der Waals surface area contributed by atoms with Crippen molar-refractivity contribution in [3.63, 3.8) is 0 Å². The molecule has 0 radical (unpaired) electrons. The maximum Gasteiger partial charge on any atom is 0.340 e. The molecule has 0 saturated carbocycles. The number of methoxy groups -OCH3 is 1. The van der Waals surface area contributed by atoms with Crippen molar-refractivity contribution in [1.29, 1.82) is 0 Å². The average Bonchev–Trinajstić information content (AvgIpc) is 3.17. The number of rotatable bonds is 6. The number of hydrogen-bond acceptors (Lipinski definition) is 6. The summed E-state index contributed by atoms with van der Waals surface area (Å²) in [6.07, 6.45) is 1.59. The molecule has 0 heterocycles. The number of nitro groups is 1. The van der Waals surface area contributed by atoms with Crippen LogP contribution in [0.1, 0.15) is 32.6 Å². The van der Waals surface area contributed by atoms with Crippen molar-refractivity contribution in [2.45, 2.75) is 32.7 Å². The zero-order valence-electron chi connectivity index (χ0n) is 18.3. The third-order valence-electron chi connectivity index (χ3n) is 5.91. The molecule has 4 rings (SSSR count). The van der Waals surface area contributed by atoms with Crippen LogP contribution in [0.3, 0.4) is 0 Å². The van der Waals surface area contributed by atoms with Crippen molar-refractivity contribution in [2.75, 3.05) is 17.7 Å². The van der Waals surface area contributed by atoms with Gasteiger partial charge in [-0.3, -0.25) is 10.1 Å². The number of ether oxygens (including phenoxy) is 1. The van der Waals surface area contributed by atoms with E-state index in [4.69, 9.17) is 4.74 Å². The van der Waals surface area contributed by atoms with E-state index in [0.29, 0.717) is 5.69 Å². The van der Waals surface area contributed by atoms with E-state index < -0.39 is 10.9 Å². The summed E-state index contributed by atoms with van der Waals surface area (Å²) >= 11 is 0. The van der Waals surface area contributed by atoms with Gasteiger partial charge in [-0.1, -0.05) is 12.1 Å². The molecule has 0 aliphatic heterocycles. The Hall–Kier alpha value is -3.87. The summed E-state index contributed by atoms with van der Waals surface area (Å²) in [6.45, 7) is 4.19. The predicted octanol–water partition coefficient (Wildman–Crippen LogP) is 5.32. The van der Waals surface area contributed by atoms with Crippen LogP contribution >= 0.6 is 0 Å². The number of anilines is 3. The van der Waals surface area contributed by atoms with Gasteiger partial charge in [0.1, 0.15) is 0 Å². The number of aryl methyl sites for hydroxylation is 2. The number of carbonyl (C=O) groups excluding carboxylic acids is 1. The van der Waals surface area contributed by atoms with E-state index in [1.807, 2.05) is 0 Å². The summed E-state index contributed by atoms with van der Waals surface area (Å²) in [7, 11) is 1.26. The molecule has 0 fully saturated rings. The standard InChI is InChI=1S/C25H25N3O4/c1-15-4-6-19(10-16(15)2)26-20-7-5-17-11-21(13-18(17)12-20)27-24-9-8-22(28(30)31)14-23(24)25(29)32-3/h4-10,12,14,21,26-27H,11,13H2,1-3H3. The quantitative estimate of drug-likeness (QED) is 0.312. The zero-order valence-corrected chi connectivity index (χ0v) is 18.3. The number of benzene rings is 3. The van der Waals surface area contributed by atoms with E-state index in [1.54, 1.807) is 6.07 Å². The number of fused-ring (bicyclic) bond motifs is 1. The number of non-ortho nitro benzene ring substituents is 1. The maximum atomic E-state index is 12.2. The lowest BCUT2D eigenvalue weighted by Gasteiger charge is -2.16. The monoisotopic (exact) mass is 431 g/mol. The van der Waals surface area contributed by atoms with Gasteiger partial charge in [-0.25, -0.2) is 4.79 Å². The second kappa shape index (κ2) is 8.70. The van der Waals surface area contributed by atoms with Gasteiger partial charge in [0.25, 0.3) is 5.69 Å². The summed E-state index contributed by atoms with van der Waals surface area (Å²) in [5.74, 6) is -0.605. The highest BCUT2D eigenvalue weighted by atomic mass is 16.6. The minimum Gasteiger partial charge on any atom is -0.465 e. The molecule has 32 heavy (non-hydrogen) atoms. The fourth-order valence-corrected chi connectivity index (χ4v) is 4.05. The molecule has 0 spiro atoms.